The number of nitrogens with zero attached hydrogens (tertiary/aromatic N) is 2. The van der Waals surface area contributed by atoms with E-state index in [0.29, 0.717) is 43.4 Å². The van der Waals surface area contributed by atoms with Crippen molar-refractivity contribution in [3.8, 4) is 0 Å². The lowest BCUT2D eigenvalue weighted by atomic mass is 9.96. The summed E-state index contributed by atoms with van der Waals surface area (Å²) in [7, 11) is -3.39. The molecule has 1 amide bonds. The third-order valence-corrected chi connectivity index (χ3v) is 7.60. The minimum Gasteiger partial charge on any atom is -0.376 e. The molecule has 3 aliphatic rings. The Labute approximate surface area is 194 Å². The molecule has 10 heteroatoms. The van der Waals surface area contributed by atoms with Crippen LogP contribution in [0.25, 0.3) is 0 Å². The maximum Gasteiger partial charge on any atom is 0.226 e. The van der Waals surface area contributed by atoms with Crippen LogP contribution < -0.4 is 9.62 Å². The van der Waals surface area contributed by atoms with Crippen molar-refractivity contribution in [2.24, 2.45) is 5.92 Å². The summed E-state index contributed by atoms with van der Waals surface area (Å²) >= 11 is 6.24. The van der Waals surface area contributed by atoms with E-state index >= 15 is 0 Å². The lowest BCUT2D eigenvalue weighted by Crippen LogP contribution is -2.59. The second-order valence-corrected chi connectivity index (χ2v) is 11.3. The molecule has 32 heavy (non-hydrogen) atoms. The highest BCUT2D eigenvalue weighted by atomic mass is 35.5. The first-order valence-corrected chi connectivity index (χ1v) is 13.6. The van der Waals surface area contributed by atoms with Gasteiger partial charge in [-0.2, -0.15) is 0 Å². The van der Waals surface area contributed by atoms with Gasteiger partial charge in [-0.15, -0.1) is 0 Å². The third kappa shape index (κ3) is 5.92. The van der Waals surface area contributed by atoms with Gasteiger partial charge in [-0.25, -0.2) is 17.5 Å². The number of carbonyl (C=O) groups is 1. The number of rotatable bonds is 7. The highest BCUT2D eigenvalue weighted by Gasteiger charge is 2.41. The van der Waals surface area contributed by atoms with Crippen LogP contribution in [-0.2, 0) is 19.6 Å². The van der Waals surface area contributed by atoms with E-state index in [1.807, 2.05) is 4.90 Å². The normalized spacial score (nSPS) is 25.2. The average Bonchev–Trinajstić information content (AvgIpc) is 3.59. The zero-order chi connectivity index (χ0) is 22.9. The Morgan fingerprint density at radius 1 is 1.19 bits per heavy atom. The Balaban J connectivity index is 1.37. The summed E-state index contributed by atoms with van der Waals surface area (Å²) in [6, 6.07) is 3.73. The van der Waals surface area contributed by atoms with Crippen molar-refractivity contribution < 1.29 is 22.3 Å². The van der Waals surface area contributed by atoms with Gasteiger partial charge in [0.1, 0.15) is 5.82 Å². The minimum atomic E-state index is -3.39. The summed E-state index contributed by atoms with van der Waals surface area (Å²) in [5.41, 5.74) is 0.691. The quantitative estimate of drug-likeness (QED) is 0.639. The molecule has 0 aromatic heterocycles. The fourth-order valence-corrected chi connectivity index (χ4v) is 5.80. The lowest BCUT2D eigenvalue weighted by molar-refractivity contribution is -0.139. The molecule has 7 nitrogen and oxygen atoms in total. The Morgan fingerprint density at radius 2 is 1.91 bits per heavy atom. The second kappa shape index (κ2) is 9.83. The first-order valence-electron chi connectivity index (χ1n) is 11.3. The fraction of sp³-hybridized carbons (Fsp3) is 0.682. The summed E-state index contributed by atoms with van der Waals surface area (Å²) in [5.74, 6) is -0.118. The number of hydrogen-bond acceptors (Lipinski definition) is 5. The summed E-state index contributed by atoms with van der Waals surface area (Å²) in [6.45, 7) is 2.32. The molecule has 2 atom stereocenters. The number of hydrogen-bond donors (Lipinski definition) is 1. The van der Waals surface area contributed by atoms with E-state index < -0.39 is 10.0 Å². The van der Waals surface area contributed by atoms with Crippen molar-refractivity contribution in [1.29, 1.82) is 0 Å². The molecule has 0 radical (unpaired) electrons. The molecule has 2 saturated heterocycles. The molecule has 1 aromatic rings. The van der Waals surface area contributed by atoms with Crippen LogP contribution in [0.2, 0.25) is 5.02 Å². The fourth-order valence-electron chi connectivity index (χ4n) is 4.74. The van der Waals surface area contributed by atoms with Gasteiger partial charge in [-0.05, 0) is 56.7 Å². The molecule has 1 N–H and O–H groups in total. The topological polar surface area (TPSA) is 79.0 Å². The number of ether oxygens (including phenoxy) is 1. The highest BCUT2D eigenvalue weighted by molar-refractivity contribution is 7.88. The zero-order valence-electron chi connectivity index (χ0n) is 18.3. The maximum atomic E-state index is 13.6. The number of sulfonamides is 1. The van der Waals surface area contributed by atoms with Crippen molar-refractivity contribution in [2.75, 3.05) is 37.4 Å². The number of carbonyl (C=O) groups excluding carboxylic acids is 1. The van der Waals surface area contributed by atoms with Crippen LogP contribution in [0.15, 0.2) is 18.2 Å². The first kappa shape index (κ1) is 23.7. The van der Waals surface area contributed by atoms with Crippen LogP contribution >= 0.6 is 11.6 Å². The van der Waals surface area contributed by atoms with E-state index in [1.165, 1.54) is 12.1 Å². The van der Waals surface area contributed by atoms with E-state index in [1.54, 1.807) is 6.07 Å². The molecule has 1 saturated carbocycles. The number of nitrogens with one attached hydrogen (secondary N) is 1. The number of likely N-dealkylation sites (tertiary alicyclic amines) is 1. The Hall–Kier alpha value is -1.42. The lowest BCUT2D eigenvalue weighted by Gasteiger charge is -2.42. The molecule has 1 aromatic carbocycles. The zero-order valence-corrected chi connectivity index (χ0v) is 19.9. The number of piperidine rings is 2. The second-order valence-electron chi connectivity index (χ2n) is 9.13. The van der Waals surface area contributed by atoms with E-state index in [2.05, 4.69) is 9.62 Å². The van der Waals surface area contributed by atoms with Gasteiger partial charge in [0, 0.05) is 31.6 Å². The molecule has 4 rings (SSSR count). The van der Waals surface area contributed by atoms with E-state index in [0.717, 1.165) is 38.4 Å². The van der Waals surface area contributed by atoms with Crippen molar-refractivity contribution in [1.82, 2.24) is 9.62 Å². The van der Waals surface area contributed by atoms with Crippen LogP contribution in [0.5, 0.6) is 0 Å². The van der Waals surface area contributed by atoms with Crippen molar-refractivity contribution >= 4 is 33.2 Å². The van der Waals surface area contributed by atoms with Crippen LogP contribution in [0.3, 0.4) is 0 Å². The molecule has 2 heterocycles. The van der Waals surface area contributed by atoms with E-state index in [9.17, 15) is 17.6 Å². The SMILES string of the molecule is CS(=O)(=O)N[C@H]1CCCN(C(=O)C2CC2)[C@H]1COC1CCN(c2cc(F)ccc2Cl)CC1. The minimum absolute atomic E-state index is 0.00253. The largest absolute Gasteiger partial charge is 0.376 e. The summed E-state index contributed by atoms with van der Waals surface area (Å²) in [4.78, 5) is 16.7. The van der Waals surface area contributed by atoms with E-state index in [4.69, 9.17) is 16.3 Å². The van der Waals surface area contributed by atoms with E-state index in [-0.39, 0.29) is 35.8 Å². The van der Waals surface area contributed by atoms with Crippen LogP contribution in [0.4, 0.5) is 10.1 Å². The number of benzene rings is 1. The predicted molar refractivity (Wildman–Crippen MR) is 122 cm³/mol. The number of halogens is 2. The monoisotopic (exact) mass is 487 g/mol. The van der Waals surface area contributed by atoms with Gasteiger partial charge in [0.2, 0.25) is 15.9 Å². The molecule has 0 spiro atoms. The molecule has 0 unspecified atom stereocenters. The van der Waals surface area contributed by atoms with Gasteiger partial charge in [-0.1, -0.05) is 11.6 Å². The summed E-state index contributed by atoms with van der Waals surface area (Å²) in [5, 5.41) is 0.525. The summed E-state index contributed by atoms with van der Waals surface area (Å²) in [6.07, 6.45) is 5.93. The standard InChI is InChI=1S/C22H31ClFN3O4S/c1-32(29,30)25-19-3-2-10-27(22(28)15-4-5-15)21(19)14-31-17-8-11-26(12-9-17)20-13-16(24)6-7-18(20)23/h6-7,13,15,17,19,21,25H,2-5,8-12,14H2,1H3/t19-,21-/m0/s1. The molecule has 0 bridgehead atoms. The molecular formula is C22H31ClFN3O4S. The molecular weight excluding hydrogens is 457 g/mol. The Bertz CT molecular complexity index is 935. The van der Waals surface area contributed by atoms with Gasteiger partial charge in [0.25, 0.3) is 0 Å². The third-order valence-electron chi connectivity index (χ3n) is 6.55. The van der Waals surface area contributed by atoms with Crippen molar-refractivity contribution in [3.63, 3.8) is 0 Å². The molecule has 3 fully saturated rings. The average molecular weight is 488 g/mol. The molecule has 1 aliphatic carbocycles. The smallest absolute Gasteiger partial charge is 0.226 e. The Morgan fingerprint density at radius 3 is 2.56 bits per heavy atom. The van der Waals surface area contributed by atoms with Crippen LogP contribution in [-0.4, -0.2) is 69.9 Å². The van der Waals surface area contributed by atoms with Crippen molar-refractivity contribution in [2.45, 2.75) is 56.7 Å². The maximum absolute atomic E-state index is 13.6. The summed E-state index contributed by atoms with van der Waals surface area (Å²) < 4.78 is 46.4. The van der Waals surface area contributed by atoms with Gasteiger partial charge in [0.05, 0.1) is 35.7 Å². The van der Waals surface area contributed by atoms with Crippen molar-refractivity contribution in [3.05, 3.63) is 29.0 Å². The predicted octanol–water partition coefficient (Wildman–Crippen LogP) is 2.78. The molecule has 2 aliphatic heterocycles. The van der Waals surface area contributed by atoms with Gasteiger partial charge < -0.3 is 14.5 Å². The van der Waals surface area contributed by atoms with Gasteiger partial charge in [-0.3, -0.25) is 4.79 Å². The first-order chi connectivity index (χ1) is 15.2. The van der Waals surface area contributed by atoms with Gasteiger partial charge >= 0.3 is 0 Å². The Kier molecular flexibility index (Phi) is 7.29. The number of amides is 1. The van der Waals surface area contributed by atoms with Crippen LogP contribution in [0.1, 0.15) is 38.5 Å². The molecule has 178 valence electrons. The highest BCUT2D eigenvalue weighted by Crippen LogP contribution is 2.34. The van der Waals surface area contributed by atoms with Gasteiger partial charge in [0.15, 0.2) is 0 Å². The van der Waals surface area contributed by atoms with Crippen LogP contribution in [0, 0.1) is 11.7 Å². The number of anilines is 1.